The van der Waals surface area contributed by atoms with E-state index in [2.05, 4.69) is 4.98 Å². The van der Waals surface area contributed by atoms with Gasteiger partial charge in [0.25, 0.3) is 0 Å². The number of nitrogens with zero attached hydrogens (tertiary/aromatic N) is 3. The van der Waals surface area contributed by atoms with Crippen LogP contribution in [0.25, 0.3) is 11.0 Å². The predicted octanol–water partition coefficient (Wildman–Crippen LogP) is 3.62. The molecule has 0 saturated carbocycles. The Balaban J connectivity index is 1.31. The van der Waals surface area contributed by atoms with Crippen LogP contribution >= 0.6 is 11.8 Å². The Kier molecular flexibility index (Phi) is 5.89. The highest BCUT2D eigenvalue weighted by atomic mass is 32.2. The van der Waals surface area contributed by atoms with Gasteiger partial charge in [-0.1, -0.05) is 42.1 Å². The molecule has 7 nitrogen and oxygen atoms in total. The van der Waals surface area contributed by atoms with Crippen molar-refractivity contribution in [3.63, 3.8) is 0 Å². The van der Waals surface area contributed by atoms with Gasteiger partial charge in [0.1, 0.15) is 19.0 Å². The van der Waals surface area contributed by atoms with Crippen molar-refractivity contribution < 1.29 is 23.8 Å². The quantitative estimate of drug-likeness (QED) is 0.578. The molecule has 0 bridgehead atoms. The van der Waals surface area contributed by atoms with Crippen molar-refractivity contribution in [2.24, 2.45) is 5.92 Å². The minimum atomic E-state index is -0.989. The molecule has 0 atom stereocenters. The van der Waals surface area contributed by atoms with Gasteiger partial charge < -0.3 is 19.3 Å². The number of amides is 1. The van der Waals surface area contributed by atoms with Crippen LogP contribution in [0.1, 0.15) is 5.56 Å². The first kappa shape index (κ1) is 20.2. The van der Waals surface area contributed by atoms with E-state index in [1.54, 1.807) is 15.5 Å². The molecule has 0 radical (unpaired) electrons. The average molecular weight is 429 g/mol. The highest BCUT2D eigenvalue weighted by Gasteiger charge is 2.32. The number of carboxylic acids is 1. The number of rotatable bonds is 7. The van der Waals surface area contributed by atoms with E-state index in [0.717, 1.165) is 5.56 Å². The highest BCUT2D eigenvalue weighted by Crippen LogP contribution is 2.29. The number of imidazole rings is 1. The average Bonchev–Trinajstić information content (AvgIpc) is 3.01. The summed E-state index contributed by atoms with van der Waals surface area (Å²) in [6.07, 6.45) is -0.339. The number of carboxylic acid groups (broad SMARTS) is 1. The Labute approximate surface area is 176 Å². The normalized spacial score (nSPS) is 14.0. The lowest BCUT2D eigenvalue weighted by atomic mass is 10.0. The first-order chi connectivity index (χ1) is 14.5. The maximum absolute atomic E-state index is 13.5. The zero-order chi connectivity index (χ0) is 21.1. The summed E-state index contributed by atoms with van der Waals surface area (Å²) < 4.78 is 20.4. The van der Waals surface area contributed by atoms with E-state index in [0.29, 0.717) is 35.0 Å². The summed E-state index contributed by atoms with van der Waals surface area (Å²) in [5, 5.41) is 9.73. The Bertz CT molecular complexity index is 1070. The van der Waals surface area contributed by atoms with Crippen molar-refractivity contribution in [2.45, 2.75) is 18.3 Å². The molecule has 0 spiro atoms. The molecule has 3 aromatic rings. The number of likely N-dealkylation sites (tertiary alicyclic amines) is 1. The maximum Gasteiger partial charge on any atom is 0.410 e. The molecule has 30 heavy (non-hydrogen) atoms. The second-order valence-corrected chi connectivity index (χ2v) is 8.12. The number of benzene rings is 2. The van der Waals surface area contributed by atoms with Crippen molar-refractivity contribution in [3.8, 4) is 0 Å². The Hall–Kier alpha value is -3.07. The van der Waals surface area contributed by atoms with Crippen LogP contribution in [-0.4, -0.2) is 50.5 Å². The van der Waals surface area contributed by atoms with Gasteiger partial charge in [-0.25, -0.2) is 14.2 Å². The Morgan fingerprint density at radius 1 is 1.20 bits per heavy atom. The molecule has 2 aromatic carbocycles. The third kappa shape index (κ3) is 4.56. The van der Waals surface area contributed by atoms with Crippen molar-refractivity contribution in [1.29, 1.82) is 0 Å². The molecule has 0 aliphatic carbocycles. The van der Waals surface area contributed by atoms with Gasteiger partial charge in [0.2, 0.25) is 0 Å². The van der Waals surface area contributed by atoms with Crippen molar-refractivity contribution in [2.75, 3.05) is 18.8 Å². The van der Waals surface area contributed by atoms with Gasteiger partial charge >= 0.3 is 12.1 Å². The molecule has 9 heteroatoms. The molecular formula is C21H20FN3O4S. The molecule has 1 aliphatic rings. The van der Waals surface area contributed by atoms with Crippen LogP contribution in [0.2, 0.25) is 0 Å². The minimum absolute atomic E-state index is 0.241. The number of hydrogen-bond donors (Lipinski definition) is 1. The van der Waals surface area contributed by atoms with Crippen LogP contribution in [-0.2, 0) is 22.7 Å². The molecule has 0 unspecified atom stereocenters. The number of thioether (sulfide) groups is 1. The van der Waals surface area contributed by atoms with Gasteiger partial charge in [-0.05, 0) is 17.7 Å². The van der Waals surface area contributed by atoms with Gasteiger partial charge in [0.05, 0.1) is 11.0 Å². The largest absolute Gasteiger partial charge is 0.480 e. The molecule has 1 aromatic heterocycles. The Morgan fingerprint density at radius 3 is 2.70 bits per heavy atom. The van der Waals surface area contributed by atoms with E-state index in [-0.39, 0.29) is 25.2 Å². The third-order valence-corrected chi connectivity index (χ3v) is 6.05. The SMILES string of the molecule is O=C(O)Cn1c(SCC2CN(C(=O)OCc3ccccc3)C2)nc2cc(F)ccc21. The van der Waals surface area contributed by atoms with Crippen LogP contribution in [0.3, 0.4) is 0 Å². The number of hydrogen-bond acceptors (Lipinski definition) is 5. The van der Waals surface area contributed by atoms with Crippen LogP contribution in [0.5, 0.6) is 0 Å². The number of carbonyl (C=O) groups is 2. The van der Waals surface area contributed by atoms with E-state index in [4.69, 9.17) is 4.74 Å². The standard InChI is InChI=1S/C21H20FN3O4S/c22-16-6-7-18-17(8-16)23-20(25(18)11-19(26)27)30-13-15-9-24(10-15)21(28)29-12-14-4-2-1-3-5-14/h1-8,15H,9-13H2,(H,26,27). The number of aliphatic carboxylic acids is 1. The van der Waals surface area contributed by atoms with Gasteiger partial charge in [-0.15, -0.1) is 0 Å². The summed E-state index contributed by atoms with van der Waals surface area (Å²) in [4.78, 5) is 29.4. The minimum Gasteiger partial charge on any atom is -0.480 e. The van der Waals surface area contributed by atoms with Crippen LogP contribution < -0.4 is 0 Å². The lowest BCUT2D eigenvalue weighted by Crippen LogP contribution is -2.51. The topological polar surface area (TPSA) is 84.7 Å². The first-order valence-corrected chi connectivity index (χ1v) is 10.4. The summed E-state index contributed by atoms with van der Waals surface area (Å²) in [7, 11) is 0. The van der Waals surface area contributed by atoms with Crippen molar-refractivity contribution in [1.82, 2.24) is 14.5 Å². The van der Waals surface area contributed by atoms with Gasteiger partial charge in [-0.2, -0.15) is 0 Å². The van der Waals surface area contributed by atoms with E-state index in [9.17, 15) is 19.1 Å². The molecule has 1 aliphatic heterocycles. The number of aromatic nitrogens is 2. The lowest BCUT2D eigenvalue weighted by molar-refractivity contribution is -0.137. The zero-order valence-electron chi connectivity index (χ0n) is 16.0. The second kappa shape index (κ2) is 8.74. The van der Waals surface area contributed by atoms with Crippen molar-refractivity contribution in [3.05, 3.63) is 59.9 Å². The predicted molar refractivity (Wildman–Crippen MR) is 110 cm³/mol. The fraction of sp³-hybridized carbons (Fsp3) is 0.286. The van der Waals surface area contributed by atoms with Crippen LogP contribution in [0.15, 0.2) is 53.7 Å². The molecular weight excluding hydrogens is 409 g/mol. The Morgan fingerprint density at radius 2 is 1.97 bits per heavy atom. The van der Waals surface area contributed by atoms with Crippen LogP contribution in [0.4, 0.5) is 9.18 Å². The number of carbonyl (C=O) groups excluding carboxylic acids is 1. The molecule has 4 rings (SSSR count). The number of halogens is 1. The summed E-state index contributed by atoms with van der Waals surface area (Å²) >= 11 is 1.42. The number of ether oxygens (including phenoxy) is 1. The summed E-state index contributed by atoms with van der Waals surface area (Å²) in [6, 6.07) is 13.6. The molecule has 156 valence electrons. The summed E-state index contributed by atoms with van der Waals surface area (Å²) in [6.45, 7) is 1.15. The number of fused-ring (bicyclic) bond motifs is 1. The zero-order valence-corrected chi connectivity index (χ0v) is 16.8. The van der Waals surface area contributed by atoms with E-state index in [1.165, 1.54) is 23.9 Å². The second-order valence-electron chi connectivity index (χ2n) is 7.13. The summed E-state index contributed by atoms with van der Waals surface area (Å²) in [5.41, 5.74) is 1.95. The van der Waals surface area contributed by atoms with Gasteiger partial charge in [-0.3, -0.25) is 4.79 Å². The fourth-order valence-corrected chi connectivity index (χ4v) is 4.38. The molecule has 1 N–H and O–H groups in total. The van der Waals surface area contributed by atoms with Crippen LogP contribution in [0, 0.1) is 11.7 Å². The van der Waals surface area contributed by atoms with Gasteiger partial charge in [0.15, 0.2) is 5.16 Å². The van der Waals surface area contributed by atoms with Crippen molar-refractivity contribution >= 4 is 34.9 Å². The highest BCUT2D eigenvalue weighted by molar-refractivity contribution is 7.99. The smallest absolute Gasteiger partial charge is 0.410 e. The van der Waals surface area contributed by atoms with E-state index < -0.39 is 11.8 Å². The molecule has 1 saturated heterocycles. The maximum atomic E-state index is 13.5. The monoisotopic (exact) mass is 429 g/mol. The van der Waals surface area contributed by atoms with E-state index >= 15 is 0 Å². The van der Waals surface area contributed by atoms with E-state index in [1.807, 2.05) is 30.3 Å². The van der Waals surface area contributed by atoms with Gasteiger partial charge in [0, 0.05) is 30.8 Å². The summed E-state index contributed by atoms with van der Waals surface area (Å²) in [5.74, 6) is -0.471. The third-order valence-electron chi connectivity index (χ3n) is 4.84. The molecule has 1 fully saturated rings. The fourth-order valence-electron chi connectivity index (χ4n) is 3.31. The first-order valence-electron chi connectivity index (χ1n) is 9.45. The molecule has 2 heterocycles. The molecule has 1 amide bonds. The lowest BCUT2D eigenvalue weighted by Gasteiger charge is -2.38.